The number of nitrogens with one attached hydrogen (secondary N) is 1. The van der Waals surface area contributed by atoms with Crippen LogP contribution in [0.4, 0.5) is 5.69 Å². The van der Waals surface area contributed by atoms with E-state index < -0.39 is 5.91 Å². The van der Waals surface area contributed by atoms with Gasteiger partial charge in [0.1, 0.15) is 24.0 Å². The summed E-state index contributed by atoms with van der Waals surface area (Å²) in [6.07, 6.45) is 6.68. The molecule has 1 N–H and O–H groups in total. The smallest absolute Gasteiger partial charge is 0.266 e. The largest absolute Gasteiger partial charge is 0.480 e. The molecule has 0 atom stereocenters. The molecule has 0 bridgehead atoms. The lowest BCUT2D eigenvalue weighted by atomic mass is 10.1. The second-order valence-corrected chi connectivity index (χ2v) is 6.03. The Kier molecular flexibility index (Phi) is 6.39. The zero-order valence-electron chi connectivity index (χ0n) is 13.5. The molecule has 0 spiro atoms. The zero-order chi connectivity index (χ0) is 18.2. The Morgan fingerprint density at radius 1 is 1.32 bits per heavy atom. The van der Waals surface area contributed by atoms with E-state index in [2.05, 4.69) is 27.2 Å². The Hall–Kier alpha value is -3.02. The normalized spacial score (nSPS) is 10.5. The van der Waals surface area contributed by atoms with Crippen molar-refractivity contribution in [2.75, 3.05) is 11.9 Å². The van der Waals surface area contributed by atoms with Gasteiger partial charge in [0.15, 0.2) is 0 Å². The lowest BCUT2D eigenvalue weighted by molar-refractivity contribution is -0.112. The van der Waals surface area contributed by atoms with E-state index >= 15 is 0 Å². The number of aryl methyl sites for hydroxylation is 1. The molecule has 2 aromatic carbocycles. The van der Waals surface area contributed by atoms with Crippen LogP contribution in [0.2, 0.25) is 0 Å². The van der Waals surface area contributed by atoms with E-state index in [4.69, 9.17) is 11.2 Å². The molecule has 0 fully saturated rings. The van der Waals surface area contributed by atoms with Gasteiger partial charge in [0, 0.05) is 5.69 Å². The van der Waals surface area contributed by atoms with Crippen LogP contribution in [0.3, 0.4) is 0 Å². The number of terminal acetylenes is 1. The molecule has 0 saturated carbocycles. The van der Waals surface area contributed by atoms with Crippen LogP contribution in [0.25, 0.3) is 6.08 Å². The van der Waals surface area contributed by atoms with Crippen molar-refractivity contribution in [3.63, 3.8) is 0 Å². The summed E-state index contributed by atoms with van der Waals surface area (Å²) >= 11 is 3.38. The van der Waals surface area contributed by atoms with Crippen molar-refractivity contribution in [3.8, 4) is 24.2 Å². The molecular formula is C20H15BrN2O2. The van der Waals surface area contributed by atoms with Crippen LogP contribution in [-0.4, -0.2) is 12.5 Å². The molecule has 0 unspecified atom stereocenters. The Morgan fingerprint density at radius 3 is 2.64 bits per heavy atom. The van der Waals surface area contributed by atoms with Crippen molar-refractivity contribution < 1.29 is 9.53 Å². The van der Waals surface area contributed by atoms with Gasteiger partial charge in [-0.15, -0.1) is 6.42 Å². The quantitative estimate of drug-likeness (QED) is 0.466. The second kappa shape index (κ2) is 8.73. The van der Waals surface area contributed by atoms with Crippen LogP contribution in [0.5, 0.6) is 5.75 Å². The number of amides is 1. The highest BCUT2D eigenvalue weighted by molar-refractivity contribution is 9.10. The minimum absolute atomic E-state index is 0.00442. The van der Waals surface area contributed by atoms with E-state index in [1.54, 1.807) is 30.3 Å². The number of anilines is 1. The summed E-state index contributed by atoms with van der Waals surface area (Å²) in [5, 5.41) is 12.0. The van der Waals surface area contributed by atoms with Gasteiger partial charge in [-0.05, 0) is 58.8 Å². The molecule has 4 nitrogen and oxygen atoms in total. The topological polar surface area (TPSA) is 62.1 Å². The minimum Gasteiger partial charge on any atom is -0.480 e. The summed E-state index contributed by atoms with van der Waals surface area (Å²) in [6.45, 7) is 2.12. The first-order valence-electron chi connectivity index (χ1n) is 7.39. The van der Waals surface area contributed by atoms with Gasteiger partial charge < -0.3 is 10.1 Å². The molecule has 0 saturated heterocycles. The van der Waals surface area contributed by atoms with Crippen LogP contribution in [0.15, 0.2) is 52.5 Å². The lowest BCUT2D eigenvalue weighted by Crippen LogP contribution is -2.13. The number of nitriles is 1. The molecule has 5 heteroatoms. The number of carbonyl (C=O) groups is 1. The van der Waals surface area contributed by atoms with Gasteiger partial charge in [-0.25, -0.2) is 0 Å². The SMILES string of the molecule is C#CCOc1ccc(C=C(C#N)C(=O)Nc2ccc(C)cc2)cc1Br. The van der Waals surface area contributed by atoms with Crippen LogP contribution < -0.4 is 10.1 Å². The van der Waals surface area contributed by atoms with E-state index in [1.807, 2.05) is 25.1 Å². The highest BCUT2D eigenvalue weighted by Gasteiger charge is 2.10. The number of rotatable bonds is 5. The Balaban J connectivity index is 2.17. The third-order valence-corrected chi connectivity index (χ3v) is 3.87. The molecular weight excluding hydrogens is 380 g/mol. The van der Waals surface area contributed by atoms with Crippen LogP contribution in [0, 0.1) is 30.6 Å². The number of halogens is 1. The summed E-state index contributed by atoms with van der Waals surface area (Å²) in [5.41, 5.74) is 2.42. The van der Waals surface area contributed by atoms with Crippen molar-refractivity contribution in [1.29, 1.82) is 5.26 Å². The summed E-state index contributed by atoms with van der Waals surface area (Å²) in [7, 11) is 0. The number of carbonyl (C=O) groups excluding carboxylic acids is 1. The standard InChI is InChI=1S/C20H15BrN2O2/c1-3-10-25-19-9-6-15(12-18(19)21)11-16(13-22)20(24)23-17-7-4-14(2)5-8-17/h1,4-9,11-12H,10H2,2H3,(H,23,24). The summed E-state index contributed by atoms with van der Waals surface area (Å²) in [5.74, 6) is 2.52. The van der Waals surface area contributed by atoms with Crippen molar-refractivity contribution in [2.45, 2.75) is 6.92 Å². The Labute approximate surface area is 155 Å². The van der Waals surface area contributed by atoms with Crippen molar-refractivity contribution in [1.82, 2.24) is 0 Å². The van der Waals surface area contributed by atoms with Gasteiger partial charge >= 0.3 is 0 Å². The number of nitrogens with zero attached hydrogens (tertiary/aromatic N) is 1. The van der Waals surface area contributed by atoms with E-state index in [9.17, 15) is 10.1 Å². The van der Waals surface area contributed by atoms with Gasteiger partial charge in [0.25, 0.3) is 5.91 Å². The first kappa shape index (κ1) is 18.3. The first-order valence-corrected chi connectivity index (χ1v) is 8.18. The van der Waals surface area contributed by atoms with Gasteiger partial charge in [-0.1, -0.05) is 29.7 Å². The molecule has 124 valence electrons. The average molecular weight is 395 g/mol. The van der Waals surface area contributed by atoms with E-state index in [0.717, 1.165) is 5.56 Å². The predicted octanol–water partition coefficient (Wildman–Crippen LogP) is 4.32. The van der Waals surface area contributed by atoms with Gasteiger partial charge in [-0.2, -0.15) is 5.26 Å². The highest BCUT2D eigenvalue weighted by Crippen LogP contribution is 2.27. The number of hydrogen-bond donors (Lipinski definition) is 1. The zero-order valence-corrected chi connectivity index (χ0v) is 15.1. The van der Waals surface area contributed by atoms with E-state index in [0.29, 0.717) is 21.5 Å². The highest BCUT2D eigenvalue weighted by atomic mass is 79.9. The lowest BCUT2D eigenvalue weighted by Gasteiger charge is -2.07. The molecule has 25 heavy (non-hydrogen) atoms. The fraction of sp³-hybridized carbons (Fsp3) is 0.100. The monoisotopic (exact) mass is 394 g/mol. The molecule has 0 aliphatic rings. The Morgan fingerprint density at radius 2 is 2.04 bits per heavy atom. The molecule has 1 amide bonds. The molecule has 0 aromatic heterocycles. The third kappa shape index (κ3) is 5.24. The fourth-order valence-electron chi connectivity index (χ4n) is 1.99. The predicted molar refractivity (Wildman–Crippen MR) is 102 cm³/mol. The van der Waals surface area contributed by atoms with Crippen molar-refractivity contribution >= 4 is 33.6 Å². The first-order chi connectivity index (χ1) is 12.0. The number of hydrogen-bond acceptors (Lipinski definition) is 3. The molecule has 0 aliphatic carbocycles. The maximum atomic E-state index is 12.3. The summed E-state index contributed by atoms with van der Waals surface area (Å²) in [4.78, 5) is 12.3. The maximum absolute atomic E-state index is 12.3. The molecule has 0 radical (unpaired) electrons. The Bertz CT molecular complexity index is 887. The van der Waals surface area contributed by atoms with Crippen molar-refractivity contribution in [3.05, 3.63) is 63.6 Å². The third-order valence-electron chi connectivity index (χ3n) is 3.25. The number of ether oxygens (including phenoxy) is 1. The summed E-state index contributed by atoms with van der Waals surface area (Å²) < 4.78 is 6.05. The average Bonchev–Trinajstić information content (AvgIpc) is 2.60. The second-order valence-electron chi connectivity index (χ2n) is 5.17. The maximum Gasteiger partial charge on any atom is 0.266 e. The van der Waals surface area contributed by atoms with E-state index in [-0.39, 0.29) is 12.2 Å². The van der Waals surface area contributed by atoms with E-state index in [1.165, 1.54) is 6.08 Å². The van der Waals surface area contributed by atoms with Gasteiger partial charge in [0.05, 0.1) is 4.47 Å². The molecule has 0 heterocycles. The van der Waals surface area contributed by atoms with Gasteiger partial charge in [-0.3, -0.25) is 4.79 Å². The fourth-order valence-corrected chi connectivity index (χ4v) is 2.50. The molecule has 0 aliphatic heterocycles. The van der Waals surface area contributed by atoms with Crippen LogP contribution >= 0.6 is 15.9 Å². The van der Waals surface area contributed by atoms with Gasteiger partial charge in [0.2, 0.25) is 0 Å². The van der Waals surface area contributed by atoms with Crippen LogP contribution in [0.1, 0.15) is 11.1 Å². The van der Waals surface area contributed by atoms with Crippen molar-refractivity contribution in [2.24, 2.45) is 0 Å². The van der Waals surface area contributed by atoms with Crippen LogP contribution in [-0.2, 0) is 4.79 Å². The number of benzene rings is 2. The minimum atomic E-state index is -0.463. The molecule has 2 rings (SSSR count). The molecule has 2 aromatic rings. The summed E-state index contributed by atoms with van der Waals surface area (Å²) in [6, 6.07) is 14.5.